The average molecular weight is 336 g/mol. The van der Waals surface area contributed by atoms with Gasteiger partial charge in [0.25, 0.3) is 0 Å². The van der Waals surface area contributed by atoms with Gasteiger partial charge in [0, 0.05) is 13.0 Å². The molecule has 1 atom stereocenters. The van der Waals surface area contributed by atoms with E-state index in [1.807, 2.05) is 25.1 Å². The van der Waals surface area contributed by atoms with Gasteiger partial charge in [0.05, 0.1) is 0 Å². The second kappa shape index (κ2) is 6.43. The summed E-state index contributed by atoms with van der Waals surface area (Å²) < 4.78 is 41.8. The lowest BCUT2D eigenvalue weighted by Crippen LogP contribution is -2.44. The fourth-order valence-electron chi connectivity index (χ4n) is 3.33. The highest BCUT2D eigenvalue weighted by Gasteiger charge is 2.48. The SMILES string of the molecule is CCCc1ccc2ccccc2c1C(N1CCC(=O)N1)C(F)(F)F. The summed E-state index contributed by atoms with van der Waals surface area (Å²) >= 11 is 0. The molecule has 24 heavy (non-hydrogen) atoms. The highest BCUT2D eigenvalue weighted by atomic mass is 19.4. The van der Waals surface area contributed by atoms with Crippen LogP contribution in [0.15, 0.2) is 36.4 Å². The molecule has 0 bridgehead atoms. The number of benzene rings is 2. The maximum Gasteiger partial charge on any atom is 0.409 e. The molecule has 0 spiro atoms. The monoisotopic (exact) mass is 336 g/mol. The predicted molar refractivity (Wildman–Crippen MR) is 86.2 cm³/mol. The van der Waals surface area contributed by atoms with Crippen molar-refractivity contribution in [1.82, 2.24) is 10.4 Å². The van der Waals surface area contributed by atoms with Crippen molar-refractivity contribution in [2.24, 2.45) is 0 Å². The van der Waals surface area contributed by atoms with E-state index in [-0.39, 0.29) is 24.4 Å². The Morgan fingerprint density at radius 2 is 1.96 bits per heavy atom. The number of carbonyl (C=O) groups excluding carboxylic acids is 1. The van der Waals surface area contributed by atoms with E-state index in [9.17, 15) is 18.0 Å². The van der Waals surface area contributed by atoms with Crippen LogP contribution in [0.3, 0.4) is 0 Å². The van der Waals surface area contributed by atoms with Gasteiger partial charge in [0.15, 0.2) is 6.04 Å². The minimum absolute atomic E-state index is 0.0534. The minimum atomic E-state index is -4.48. The number of alkyl halides is 3. The molecule has 2 aromatic carbocycles. The fourth-order valence-corrected chi connectivity index (χ4v) is 3.33. The third-order valence-electron chi connectivity index (χ3n) is 4.32. The van der Waals surface area contributed by atoms with Crippen LogP contribution in [0.2, 0.25) is 0 Å². The Hall–Kier alpha value is -2.08. The van der Waals surface area contributed by atoms with Crippen LogP contribution in [-0.4, -0.2) is 23.6 Å². The molecule has 1 amide bonds. The Morgan fingerprint density at radius 3 is 2.58 bits per heavy atom. The van der Waals surface area contributed by atoms with Crippen molar-refractivity contribution in [3.05, 3.63) is 47.5 Å². The van der Waals surface area contributed by atoms with Crippen LogP contribution in [0.5, 0.6) is 0 Å². The lowest BCUT2D eigenvalue weighted by atomic mass is 9.90. The first-order chi connectivity index (χ1) is 11.4. The molecule has 128 valence electrons. The van der Waals surface area contributed by atoms with Crippen molar-refractivity contribution >= 4 is 16.7 Å². The lowest BCUT2D eigenvalue weighted by Gasteiger charge is -2.31. The molecule has 1 fully saturated rings. The Labute approximate surface area is 138 Å². The minimum Gasteiger partial charge on any atom is -0.288 e. The summed E-state index contributed by atoms with van der Waals surface area (Å²) in [5, 5.41) is 2.39. The first kappa shape index (κ1) is 16.8. The quantitative estimate of drug-likeness (QED) is 0.910. The topological polar surface area (TPSA) is 32.3 Å². The van der Waals surface area contributed by atoms with Crippen molar-refractivity contribution in [3.8, 4) is 0 Å². The average Bonchev–Trinajstić information content (AvgIpc) is 2.94. The molecule has 0 radical (unpaired) electrons. The Balaban J connectivity index is 2.22. The Morgan fingerprint density at radius 1 is 1.21 bits per heavy atom. The number of aryl methyl sites for hydroxylation is 1. The van der Waals surface area contributed by atoms with Crippen LogP contribution in [-0.2, 0) is 11.2 Å². The van der Waals surface area contributed by atoms with Crippen LogP contribution in [0, 0.1) is 0 Å². The number of carbonyl (C=O) groups is 1. The number of amides is 1. The van der Waals surface area contributed by atoms with Gasteiger partial charge in [0.2, 0.25) is 5.91 Å². The van der Waals surface area contributed by atoms with Crippen LogP contribution in [0.25, 0.3) is 10.8 Å². The van der Waals surface area contributed by atoms with E-state index in [4.69, 9.17) is 0 Å². The zero-order valence-corrected chi connectivity index (χ0v) is 13.4. The molecule has 1 saturated heterocycles. The molecular weight excluding hydrogens is 317 g/mol. The lowest BCUT2D eigenvalue weighted by molar-refractivity contribution is -0.190. The van der Waals surface area contributed by atoms with Gasteiger partial charge < -0.3 is 0 Å². The first-order valence-corrected chi connectivity index (χ1v) is 8.05. The second-order valence-electron chi connectivity index (χ2n) is 6.03. The number of halogens is 3. The summed E-state index contributed by atoms with van der Waals surface area (Å²) in [5.41, 5.74) is 3.30. The highest BCUT2D eigenvalue weighted by Crippen LogP contribution is 2.42. The molecule has 0 aliphatic carbocycles. The number of hydrazine groups is 1. The summed E-state index contributed by atoms with van der Waals surface area (Å²) in [6.07, 6.45) is -3.08. The van der Waals surface area contributed by atoms with Crippen LogP contribution in [0.1, 0.15) is 36.9 Å². The number of fused-ring (bicyclic) bond motifs is 1. The molecule has 1 heterocycles. The fraction of sp³-hybridized carbons (Fsp3) is 0.389. The maximum atomic E-state index is 13.9. The third-order valence-corrected chi connectivity index (χ3v) is 4.32. The van der Waals surface area contributed by atoms with Gasteiger partial charge in [0.1, 0.15) is 0 Å². The molecule has 1 aliphatic heterocycles. The zero-order chi connectivity index (χ0) is 17.3. The van der Waals surface area contributed by atoms with Gasteiger partial charge in [-0.05, 0) is 28.3 Å². The zero-order valence-electron chi connectivity index (χ0n) is 13.4. The largest absolute Gasteiger partial charge is 0.409 e. The normalized spacial score (nSPS) is 17.2. The van der Waals surface area contributed by atoms with Crippen molar-refractivity contribution in [3.63, 3.8) is 0 Å². The van der Waals surface area contributed by atoms with E-state index in [2.05, 4.69) is 5.43 Å². The molecule has 0 aromatic heterocycles. The van der Waals surface area contributed by atoms with E-state index in [1.165, 1.54) is 0 Å². The first-order valence-electron chi connectivity index (χ1n) is 8.05. The molecule has 3 rings (SSSR count). The van der Waals surface area contributed by atoms with Gasteiger partial charge in [-0.2, -0.15) is 13.2 Å². The highest BCUT2D eigenvalue weighted by molar-refractivity contribution is 5.87. The van der Waals surface area contributed by atoms with Crippen molar-refractivity contribution in [1.29, 1.82) is 0 Å². The molecule has 6 heteroatoms. The van der Waals surface area contributed by atoms with E-state index in [1.54, 1.807) is 18.2 Å². The summed E-state index contributed by atoms with van der Waals surface area (Å²) in [6, 6.07) is 8.89. The molecule has 2 aromatic rings. The Bertz CT molecular complexity index is 758. The number of hydrogen-bond donors (Lipinski definition) is 1. The van der Waals surface area contributed by atoms with Gasteiger partial charge in [-0.3, -0.25) is 10.2 Å². The number of rotatable bonds is 4. The van der Waals surface area contributed by atoms with Crippen LogP contribution in [0.4, 0.5) is 13.2 Å². The summed E-state index contributed by atoms with van der Waals surface area (Å²) in [4.78, 5) is 11.5. The van der Waals surface area contributed by atoms with Crippen LogP contribution < -0.4 is 5.43 Å². The molecule has 1 aliphatic rings. The van der Waals surface area contributed by atoms with Crippen molar-refractivity contribution < 1.29 is 18.0 Å². The standard InChI is InChI=1S/C18H19F3N2O/c1-2-5-13-9-8-12-6-3-4-7-14(12)16(13)17(18(19,20)21)23-11-10-15(24)22-23/h3-4,6-9,17H,2,5,10-11H2,1H3,(H,22,24). The van der Waals surface area contributed by atoms with E-state index >= 15 is 0 Å². The Kier molecular flexibility index (Phi) is 4.49. The molecule has 3 nitrogen and oxygen atoms in total. The summed E-state index contributed by atoms with van der Waals surface area (Å²) in [5.74, 6) is -0.374. The van der Waals surface area contributed by atoms with E-state index in [0.29, 0.717) is 17.4 Å². The number of hydrogen-bond acceptors (Lipinski definition) is 2. The van der Waals surface area contributed by atoms with Crippen molar-refractivity contribution in [2.75, 3.05) is 6.54 Å². The van der Waals surface area contributed by atoms with Gasteiger partial charge in [-0.15, -0.1) is 0 Å². The summed E-state index contributed by atoms with van der Waals surface area (Å²) in [7, 11) is 0. The molecule has 0 saturated carbocycles. The molecular formula is C18H19F3N2O. The van der Waals surface area contributed by atoms with Crippen LogP contribution >= 0.6 is 0 Å². The van der Waals surface area contributed by atoms with Gasteiger partial charge >= 0.3 is 6.18 Å². The number of nitrogens with one attached hydrogen (secondary N) is 1. The third kappa shape index (κ3) is 3.11. The molecule has 1 N–H and O–H groups in total. The summed E-state index contributed by atoms with van der Waals surface area (Å²) in [6.45, 7) is 2.00. The molecule has 1 unspecified atom stereocenters. The smallest absolute Gasteiger partial charge is 0.288 e. The predicted octanol–water partition coefficient (Wildman–Crippen LogP) is 4.13. The number of nitrogens with zero attached hydrogens (tertiary/aromatic N) is 1. The van der Waals surface area contributed by atoms with Crippen molar-refractivity contribution in [2.45, 2.75) is 38.4 Å². The van der Waals surface area contributed by atoms with Gasteiger partial charge in [-0.25, -0.2) is 5.01 Å². The van der Waals surface area contributed by atoms with E-state index in [0.717, 1.165) is 16.8 Å². The van der Waals surface area contributed by atoms with E-state index < -0.39 is 12.2 Å². The maximum absolute atomic E-state index is 13.9. The second-order valence-corrected chi connectivity index (χ2v) is 6.03. The van der Waals surface area contributed by atoms with Gasteiger partial charge in [-0.1, -0.05) is 49.7 Å².